The number of fused-ring (bicyclic) bond motifs is 1. The molecule has 11 heteroatoms. The van der Waals surface area contributed by atoms with E-state index in [-0.39, 0.29) is 29.1 Å². The quantitative estimate of drug-likeness (QED) is 0.0977. The van der Waals surface area contributed by atoms with Gasteiger partial charge in [-0.05, 0) is 80.3 Å². The molecule has 1 aromatic heterocycles. The Labute approximate surface area is 298 Å². The molecular formula is C40H49N5O6. The minimum absolute atomic E-state index is 0.0271. The molecule has 1 atom stereocenters. The second-order valence-corrected chi connectivity index (χ2v) is 13.8. The maximum Gasteiger partial charge on any atom is 0.411 e. The van der Waals surface area contributed by atoms with Crippen molar-refractivity contribution in [1.29, 1.82) is 0 Å². The van der Waals surface area contributed by atoms with Gasteiger partial charge in [0.05, 0.1) is 23.9 Å². The summed E-state index contributed by atoms with van der Waals surface area (Å²) in [5.74, 6) is 0.788. The van der Waals surface area contributed by atoms with Crippen LogP contribution in [0.4, 0.5) is 10.5 Å². The number of aromatic amines is 1. The number of rotatable bonds is 14. The molecule has 0 radical (unpaired) electrons. The first-order valence-electron chi connectivity index (χ1n) is 18.2. The lowest BCUT2D eigenvalue weighted by Crippen LogP contribution is -2.42. The smallest absolute Gasteiger partial charge is 0.411 e. The fourth-order valence-corrected chi connectivity index (χ4v) is 7.37. The maximum absolute atomic E-state index is 12.9. The van der Waals surface area contributed by atoms with Gasteiger partial charge in [-0.2, -0.15) is 0 Å². The molecule has 0 unspecified atom stereocenters. The lowest BCUT2D eigenvalue weighted by atomic mass is 9.80. The molecule has 6 rings (SSSR count). The van der Waals surface area contributed by atoms with E-state index in [1.54, 1.807) is 12.1 Å². The number of piperidine rings is 1. The van der Waals surface area contributed by atoms with Crippen LogP contribution in [0.1, 0.15) is 50.2 Å². The molecule has 1 saturated heterocycles. The molecule has 1 saturated carbocycles. The number of hydrogen-bond donors (Lipinski definition) is 6. The van der Waals surface area contributed by atoms with Gasteiger partial charge in [-0.3, -0.25) is 14.9 Å². The van der Waals surface area contributed by atoms with Gasteiger partial charge >= 0.3 is 6.09 Å². The summed E-state index contributed by atoms with van der Waals surface area (Å²) in [6.45, 7) is 4.77. The van der Waals surface area contributed by atoms with Crippen molar-refractivity contribution in [3.8, 4) is 16.9 Å². The number of aliphatic hydroxyl groups is 1. The molecule has 2 aliphatic rings. The molecule has 3 aromatic carbocycles. The van der Waals surface area contributed by atoms with Gasteiger partial charge in [0, 0.05) is 55.7 Å². The van der Waals surface area contributed by atoms with Gasteiger partial charge in [0.25, 0.3) is 0 Å². The zero-order chi connectivity index (χ0) is 35.6. The number of hydrogen-bond acceptors (Lipinski definition) is 9. The van der Waals surface area contributed by atoms with Crippen LogP contribution in [0.2, 0.25) is 0 Å². The highest BCUT2D eigenvalue weighted by Gasteiger charge is 2.27. The predicted octanol–water partition coefficient (Wildman–Crippen LogP) is 5.20. The van der Waals surface area contributed by atoms with E-state index in [0.29, 0.717) is 35.5 Å². The lowest BCUT2D eigenvalue weighted by molar-refractivity contribution is -0.123. The molecule has 1 aliphatic heterocycles. The average Bonchev–Trinajstić information content (AvgIpc) is 3.15. The van der Waals surface area contributed by atoms with Crippen LogP contribution in [0.5, 0.6) is 5.75 Å². The number of anilines is 1. The molecular weight excluding hydrogens is 646 g/mol. The normalized spacial score (nSPS) is 19.1. The summed E-state index contributed by atoms with van der Waals surface area (Å²) in [6.07, 6.45) is 3.91. The monoisotopic (exact) mass is 695 g/mol. The van der Waals surface area contributed by atoms with Crippen LogP contribution >= 0.6 is 0 Å². The predicted molar refractivity (Wildman–Crippen MR) is 199 cm³/mol. The number of amides is 1. The second-order valence-electron chi connectivity index (χ2n) is 13.8. The summed E-state index contributed by atoms with van der Waals surface area (Å²) in [5.41, 5.74) is 3.38. The van der Waals surface area contributed by atoms with Crippen molar-refractivity contribution in [1.82, 2.24) is 20.5 Å². The number of aliphatic hydroxyl groups excluding tert-OH is 1. The first kappa shape index (κ1) is 36.2. The molecule has 1 amide bonds. The Morgan fingerprint density at radius 1 is 0.882 bits per heavy atom. The lowest BCUT2D eigenvalue weighted by Gasteiger charge is -2.31. The number of benzene rings is 3. The van der Waals surface area contributed by atoms with Crippen LogP contribution in [0.15, 0.2) is 83.7 Å². The molecule has 2 fully saturated rings. The molecule has 2 heterocycles. The third-order valence-electron chi connectivity index (χ3n) is 10.3. The first-order valence-corrected chi connectivity index (χ1v) is 18.2. The number of para-hydroxylation sites is 1. The largest absolute Gasteiger partial charge is 0.506 e. The van der Waals surface area contributed by atoms with Gasteiger partial charge in [-0.15, -0.1) is 0 Å². The standard InChI is InChI=1S/C40H49N5O6/c46-35-16-14-32(33-15-17-38(49)44-39(33)35)37(48)26-42-24-27-10-12-29(13-11-27)36(47)25-41-20-23-45-21-18-30(19-22-45)51-40(50)43-34-9-5-4-8-31(34)28-6-2-1-3-7-28/h1-9,14-17,27,29-30,37,41-42,46,48H,10-13,18-26H2,(H,43,50)(H,44,49)/t27?,29?,37-/m1/s1. The third kappa shape index (κ3) is 9.83. The van der Waals surface area contributed by atoms with Crippen molar-refractivity contribution in [2.24, 2.45) is 11.8 Å². The van der Waals surface area contributed by atoms with Gasteiger partial charge < -0.3 is 35.5 Å². The molecule has 11 nitrogen and oxygen atoms in total. The number of pyridine rings is 1. The van der Waals surface area contributed by atoms with Gasteiger partial charge in [0.2, 0.25) is 5.56 Å². The number of nitrogens with one attached hydrogen (secondary N) is 4. The van der Waals surface area contributed by atoms with Crippen molar-refractivity contribution >= 4 is 28.5 Å². The number of carbonyl (C=O) groups excluding carboxylic acids is 2. The van der Waals surface area contributed by atoms with E-state index in [1.165, 1.54) is 12.1 Å². The summed E-state index contributed by atoms with van der Waals surface area (Å²) in [7, 11) is 0. The minimum Gasteiger partial charge on any atom is -0.506 e. The summed E-state index contributed by atoms with van der Waals surface area (Å²) in [6, 6.07) is 23.9. The number of H-pyrrole nitrogens is 1. The van der Waals surface area contributed by atoms with Crippen LogP contribution in [0, 0.1) is 11.8 Å². The summed E-state index contributed by atoms with van der Waals surface area (Å²) in [4.78, 5) is 42.3. The fraction of sp³-hybridized carbons (Fsp3) is 0.425. The van der Waals surface area contributed by atoms with Crippen molar-refractivity contribution in [2.45, 2.75) is 50.7 Å². The van der Waals surface area contributed by atoms with Crippen LogP contribution < -0.4 is 21.5 Å². The molecule has 51 heavy (non-hydrogen) atoms. The van der Waals surface area contributed by atoms with E-state index in [2.05, 4.69) is 25.8 Å². The van der Waals surface area contributed by atoms with Crippen LogP contribution in [-0.4, -0.2) is 83.9 Å². The molecule has 1 aliphatic carbocycles. The number of ether oxygens (including phenoxy) is 1. The van der Waals surface area contributed by atoms with Crippen molar-refractivity contribution < 1.29 is 24.5 Å². The van der Waals surface area contributed by atoms with E-state index in [9.17, 15) is 24.6 Å². The number of nitrogens with zero attached hydrogens (tertiary/aromatic N) is 1. The number of aromatic nitrogens is 1. The SMILES string of the molecule is O=C(Nc1ccccc1-c1ccccc1)OC1CCN(CCNCC(=O)C2CCC(CNC[C@@H](O)c3ccc(O)c4[nH]c(=O)ccc34)CC2)CC1. The van der Waals surface area contributed by atoms with Crippen LogP contribution in [0.3, 0.4) is 0 Å². The zero-order valence-electron chi connectivity index (χ0n) is 29.0. The van der Waals surface area contributed by atoms with Crippen LogP contribution in [-0.2, 0) is 9.53 Å². The average molecular weight is 696 g/mol. The zero-order valence-corrected chi connectivity index (χ0v) is 29.0. The number of ketones is 1. The van der Waals surface area contributed by atoms with E-state index in [4.69, 9.17) is 4.74 Å². The maximum atomic E-state index is 12.9. The molecule has 0 spiro atoms. The van der Waals surface area contributed by atoms with Crippen LogP contribution in [0.25, 0.3) is 22.0 Å². The Balaban J connectivity index is 0.825. The Morgan fingerprint density at radius 3 is 2.41 bits per heavy atom. The highest BCUT2D eigenvalue weighted by molar-refractivity contribution is 5.91. The van der Waals surface area contributed by atoms with E-state index < -0.39 is 12.2 Å². The topological polar surface area (TPSA) is 156 Å². The second kappa shape index (κ2) is 17.6. The molecule has 270 valence electrons. The Kier molecular flexibility index (Phi) is 12.5. The third-order valence-corrected chi connectivity index (χ3v) is 10.3. The Morgan fingerprint density at radius 2 is 1.63 bits per heavy atom. The van der Waals surface area contributed by atoms with Gasteiger partial charge in [0.15, 0.2) is 0 Å². The van der Waals surface area contributed by atoms with Crippen molar-refractivity contribution in [3.63, 3.8) is 0 Å². The Bertz CT molecular complexity index is 1820. The van der Waals surface area contributed by atoms with Gasteiger partial charge in [-0.1, -0.05) is 54.6 Å². The fourth-order valence-electron chi connectivity index (χ4n) is 7.37. The van der Waals surface area contributed by atoms with Gasteiger partial charge in [-0.25, -0.2) is 4.79 Å². The van der Waals surface area contributed by atoms with E-state index in [0.717, 1.165) is 88.1 Å². The number of phenols is 1. The van der Waals surface area contributed by atoms with E-state index >= 15 is 0 Å². The number of Topliss-reactive ketones (excluding diaryl/α,β-unsaturated/α-hetero) is 1. The number of phenolic OH excluding ortho intramolecular Hbond substituents is 1. The summed E-state index contributed by atoms with van der Waals surface area (Å²) in [5, 5.41) is 31.2. The molecule has 4 aromatic rings. The number of aromatic hydroxyl groups is 1. The number of likely N-dealkylation sites (tertiary alicyclic amines) is 1. The summed E-state index contributed by atoms with van der Waals surface area (Å²) >= 11 is 0. The van der Waals surface area contributed by atoms with E-state index in [1.807, 2.05) is 54.6 Å². The first-order chi connectivity index (χ1) is 24.8. The summed E-state index contributed by atoms with van der Waals surface area (Å²) < 4.78 is 5.77. The highest BCUT2D eigenvalue weighted by atomic mass is 16.6. The molecule has 6 N–H and O–H groups in total. The minimum atomic E-state index is -0.789. The van der Waals surface area contributed by atoms with Gasteiger partial charge in [0.1, 0.15) is 17.6 Å². The highest BCUT2D eigenvalue weighted by Crippen LogP contribution is 2.31. The van der Waals surface area contributed by atoms with Crippen molar-refractivity contribution in [2.75, 3.05) is 51.1 Å². The molecule has 0 bridgehead atoms. The van der Waals surface area contributed by atoms with Crippen molar-refractivity contribution in [3.05, 3.63) is 94.8 Å². The Hall–Kier alpha value is -4.55. The number of carbonyl (C=O) groups is 2.